The Morgan fingerprint density at radius 2 is 2.26 bits per heavy atom. The van der Waals surface area contributed by atoms with E-state index < -0.39 is 5.97 Å². The molecular formula is C14H20BrNO3. The highest BCUT2D eigenvalue weighted by Crippen LogP contribution is 2.23. The third-order valence-electron chi connectivity index (χ3n) is 3.04. The van der Waals surface area contributed by atoms with Gasteiger partial charge in [0.15, 0.2) is 11.4 Å². The molecule has 1 rings (SSSR count). The van der Waals surface area contributed by atoms with Crippen molar-refractivity contribution >= 4 is 21.9 Å². The van der Waals surface area contributed by atoms with Crippen LogP contribution in [0.1, 0.15) is 50.0 Å². The van der Waals surface area contributed by atoms with Crippen LogP contribution in [0.5, 0.6) is 5.75 Å². The zero-order valence-corrected chi connectivity index (χ0v) is 12.9. The average Bonchev–Trinajstić information content (AvgIpc) is 2.38. The molecule has 0 aliphatic carbocycles. The van der Waals surface area contributed by atoms with Crippen LogP contribution in [0.3, 0.4) is 0 Å². The summed E-state index contributed by atoms with van der Waals surface area (Å²) in [6.07, 6.45) is 5.94. The van der Waals surface area contributed by atoms with E-state index in [1.54, 1.807) is 6.07 Å². The Hall–Kier alpha value is -1.10. The lowest BCUT2D eigenvalue weighted by molar-refractivity contribution is 0.0684. The van der Waals surface area contributed by atoms with Crippen molar-refractivity contribution in [1.82, 2.24) is 4.98 Å². The summed E-state index contributed by atoms with van der Waals surface area (Å²) in [6.45, 7) is 4.82. The Bertz CT molecular complexity index is 423. The molecule has 0 aromatic carbocycles. The zero-order chi connectivity index (χ0) is 14.3. The fraction of sp³-hybridized carbons (Fsp3) is 0.571. The van der Waals surface area contributed by atoms with E-state index in [-0.39, 0.29) is 5.69 Å². The van der Waals surface area contributed by atoms with E-state index in [2.05, 4.69) is 34.8 Å². The van der Waals surface area contributed by atoms with Crippen molar-refractivity contribution in [1.29, 1.82) is 0 Å². The number of unbranched alkanes of at least 4 members (excludes halogenated alkanes) is 1. The average molecular weight is 330 g/mol. The smallest absolute Gasteiger partial charge is 0.358 e. The van der Waals surface area contributed by atoms with Gasteiger partial charge in [-0.1, -0.05) is 33.1 Å². The Morgan fingerprint density at radius 1 is 1.53 bits per heavy atom. The number of aromatic carboxylic acids is 1. The Kier molecular flexibility index (Phi) is 6.84. The number of aromatic nitrogens is 1. The van der Waals surface area contributed by atoms with Gasteiger partial charge in [0.1, 0.15) is 0 Å². The SMILES string of the molecule is CCCCC(CC)COc1cc(Br)cnc1C(=O)O. The minimum absolute atomic E-state index is 0.0338. The summed E-state index contributed by atoms with van der Waals surface area (Å²) in [5, 5.41) is 9.06. The van der Waals surface area contributed by atoms with Gasteiger partial charge < -0.3 is 9.84 Å². The predicted molar refractivity (Wildman–Crippen MR) is 77.7 cm³/mol. The van der Waals surface area contributed by atoms with Crippen LogP contribution in [0, 0.1) is 5.92 Å². The van der Waals surface area contributed by atoms with E-state index in [9.17, 15) is 4.79 Å². The molecule has 1 N–H and O–H groups in total. The van der Waals surface area contributed by atoms with Crippen molar-refractivity contribution < 1.29 is 14.6 Å². The van der Waals surface area contributed by atoms with Gasteiger partial charge in [0.05, 0.1) is 6.61 Å². The van der Waals surface area contributed by atoms with E-state index in [4.69, 9.17) is 9.84 Å². The first-order chi connectivity index (χ1) is 9.08. The minimum atomic E-state index is -1.07. The van der Waals surface area contributed by atoms with Crippen molar-refractivity contribution in [3.05, 3.63) is 22.4 Å². The first-order valence-electron chi connectivity index (χ1n) is 6.60. The number of halogens is 1. The fourth-order valence-corrected chi connectivity index (χ4v) is 2.11. The molecule has 0 saturated carbocycles. The molecule has 0 fully saturated rings. The number of hydrogen-bond acceptors (Lipinski definition) is 3. The number of nitrogens with zero attached hydrogens (tertiary/aromatic N) is 1. The monoisotopic (exact) mass is 329 g/mol. The number of ether oxygens (including phenoxy) is 1. The van der Waals surface area contributed by atoms with Crippen molar-refractivity contribution in [2.75, 3.05) is 6.61 Å². The Balaban J connectivity index is 2.70. The molecule has 1 aromatic heterocycles. The normalized spacial score (nSPS) is 12.2. The molecule has 0 amide bonds. The lowest BCUT2D eigenvalue weighted by atomic mass is 10.0. The molecule has 1 aromatic rings. The largest absolute Gasteiger partial charge is 0.491 e. The van der Waals surface area contributed by atoms with E-state index in [0.717, 1.165) is 19.3 Å². The van der Waals surface area contributed by atoms with Gasteiger partial charge in [0, 0.05) is 10.7 Å². The van der Waals surface area contributed by atoms with Crippen molar-refractivity contribution in [3.8, 4) is 5.75 Å². The molecule has 1 atom stereocenters. The molecule has 19 heavy (non-hydrogen) atoms. The lowest BCUT2D eigenvalue weighted by Crippen LogP contribution is -2.14. The Labute approximate surface area is 122 Å². The van der Waals surface area contributed by atoms with Crippen LogP contribution in [0.15, 0.2) is 16.7 Å². The topological polar surface area (TPSA) is 59.4 Å². The second-order valence-electron chi connectivity index (χ2n) is 4.53. The second-order valence-corrected chi connectivity index (χ2v) is 5.45. The summed E-state index contributed by atoms with van der Waals surface area (Å²) >= 11 is 3.28. The summed E-state index contributed by atoms with van der Waals surface area (Å²) in [5.41, 5.74) is -0.0338. The molecule has 0 aliphatic rings. The van der Waals surface area contributed by atoms with Gasteiger partial charge in [-0.3, -0.25) is 0 Å². The zero-order valence-electron chi connectivity index (χ0n) is 11.4. The van der Waals surface area contributed by atoms with Gasteiger partial charge >= 0.3 is 5.97 Å². The molecule has 0 spiro atoms. The van der Waals surface area contributed by atoms with E-state index in [0.29, 0.717) is 22.7 Å². The van der Waals surface area contributed by atoms with Crippen LogP contribution in [0.4, 0.5) is 0 Å². The maximum absolute atomic E-state index is 11.1. The number of pyridine rings is 1. The van der Waals surface area contributed by atoms with Gasteiger partial charge in [0.25, 0.3) is 0 Å². The van der Waals surface area contributed by atoms with E-state index in [1.807, 2.05) is 0 Å². The quantitative estimate of drug-likeness (QED) is 0.778. The minimum Gasteiger partial charge on any atom is -0.491 e. The molecular weight excluding hydrogens is 310 g/mol. The maximum Gasteiger partial charge on any atom is 0.358 e. The molecule has 0 radical (unpaired) electrons. The van der Waals surface area contributed by atoms with Crippen LogP contribution < -0.4 is 4.74 Å². The summed E-state index contributed by atoms with van der Waals surface area (Å²) in [5.74, 6) is -0.276. The first kappa shape index (κ1) is 16.0. The first-order valence-corrected chi connectivity index (χ1v) is 7.39. The number of rotatable bonds is 8. The number of carbonyl (C=O) groups is 1. The summed E-state index contributed by atoms with van der Waals surface area (Å²) in [7, 11) is 0. The molecule has 5 heteroatoms. The molecule has 0 bridgehead atoms. The predicted octanol–water partition coefficient (Wildman–Crippen LogP) is 4.14. The highest BCUT2D eigenvalue weighted by molar-refractivity contribution is 9.10. The van der Waals surface area contributed by atoms with E-state index >= 15 is 0 Å². The van der Waals surface area contributed by atoms with Gasteiger partial charge in [-0.25, -0.2) is 9.78 Å². The fourth-order valence-electron chi connectivity index (χ4n) is 1.80. The number of hydrogen-bond donors (Lipinski definition) is 1. The van der Waals surface area contributed by atoms with Crippen LogP contribution in [0.2, 0.25) is 0 Å². The van der Waals surface area contributed by atoms with Crippen LogP contribution in [-0.4, -0.2) is 22.7 Å². The molecule has 1 unspecified atom stereocenters. The molecule has 0 saturated heterocycles. The van der Waals surface area contributed by atoms with Crippen molar-refractivity contribution in [2.24, 2.45) is 5.92 Å². The van der Waals surface area contributed by atoms with Crippen molar-refractivity contribution in [2.45, 2.75) is 39.5 Å². The van der Waals surface area contributed by atoms with Gasteiger partial charge in [-0.2, -0.15) is 0 Å². The van der Waals surface area contributed by atoms with Gasteiger partial charge in [-0.05, 0) is 34.3 Å². The third kappa shape index (κ3) is 5.19. The highest BCUT2D eigenvalue weighted by atomic mass is 79.9. The molecule has 4 nitrogen and oxygen atoms in total. The standard InChI is InChI=1S/C14H20BrNO3/c1-3-5-6-10(4-2)9-19-12-7-11(15)8-16-13(12)14(17)18/h7-8,10H,3-6,9H2,1-2H3,(H,17,18). The lowest BCUT2D eigenvalue weighted by Gasteiger charge is -2.16. The molecule has 0 aliphatic heterocycles. The van der Waals surface area contributed by atoms with Gasteiger partial charge in [0.2, 0.25) is 0 Å². The molecule has 1 heterocycles. The van der Waals surface area contributed by atoms with Crippen LogP contribution >= 0.6 is 15.9 Å². The number of carboxylic acids is 1. The summed E-state index contributed by atoms with van der Waals surface area (Å²) in [6, 6.07) is 1.66. The number of carboxylic acid groups (broad SMARTS) is 1. The third-order valence-corrected chi connectivity index (χ3v) is 3.47. The van der Waals surface area contributed by atoms with Crippen LogP contribution in [-0.2, 0) is 0 Å². The summed E-state index contributed by atoms with van der Waals surface area (Å²) < 4.78 is 6.37. The highest BCUT2D eigenvalue weighted by Gasteiger charge is 2.15. The van der Waals surface area contributed by atoms with Crippen molar-refractivity contribution in [3.63, 3.8) is 0 Å². The second kappa shape index (κ2) is 8.15. The Morgan fingerprint density at radius 3 is 2.84 bits per heavy atom. The van der Waals surface area contributed by atoms with Crippen LogP contribution in [0.25, 0.3) is 0 Å². The summed E-state index contributed by atoms with van der Waals surface area (Å²) in [4.78, 5) is 14.9. The van der Waals surface area contributed by atoms with E-state index in [1.165, 1.54) is 12.6 Å². The maximum atomic E-state index is 11.1. The molecule has 106 valence electrons. The van der Waals surface area contributed by atoms with Gasteiger partial charge in [-0.15, -0.1) is 0 Å².